The Morgan fingerprint density at radius 1 is 1.61 bits per heavy atom. The minimum absolute atomic E-state index is 0.365. The van der Waals surface area contributed by atoms with Crippen LogP contribution in [-0.2, 0) is 0 Å². The summed E-state index contributed by atoms with van der Waals surface area (Å²) in [5.74, 6) is 0.966. The molecule has 0 aliphatic carbocycles. The molecule has 0 spiro atoms. The molecule has 0 aromatic carbocycles. The normalized spacial score (nSPS) is 21.3. The van der Waals surface area contributed by atoms with Gasteiger partial charge in [-0.15, -0.1) is 0 Å². The SMILES string of the molecule is CC(Nc1ccc(C(N)=O)cn1)C1CCCNC1. The summed E-state index contributed by atoms with van der Waals surface area (Å²) in [6, 6.07) is 3.86. The van der Waals surface area contributed by atoms with Gasteiger partial charge < -0.3 is 16.4 Å². The van der Waals surface area contributed by atoms with Crippen molar-refractivity contribution in [1.82, 2.24) is 10.3 Å². The zero-order valence-electron chi connectivity index (χ0n) is 10.6. The second kappa shape index (κ2) is 5.82. The van der Waals surface area contributed by atoms with Crippen molar-refractivity contribution in [2.75, 3.05) is 18.4 Å². The van der Waals surface area contributed by atoms with Crippen LogP contribution < -0.4 is 16.4 Å². The number of anilines is 1. The molecule has 18 heavy (non-hydrogen) atoms. The van der Waals surface area contributed by atoms with Crippen molar-refractivity contribution in [3.8, 4) is 0 Å². The second-order valence-electron chi connectivity index (χ2n) is 4.84. The molecule has 5 heteroatoms. The van der Waals surface area contributed by atoms with Crippen molar-refractivity contribution in [2.24, 2.45) is 11.7 Å². The number of pyridine rings is 1. The maximum absolute atomic E-state index is 10.9. The van der Waals surface area contributed by atoms with E-state index in [1.165, 1.54) is 19.0 Å². The number of hydrogen-bond donors (Lipinski definition) is 3. The number of primary amides is 1. The molecular formula is C13H20N4O. The van der Waals surface area contributed by atoms with Gasteiger partial charge in [-0.05, 0) is 50.9 Å². The molecule has 2 heterocycles. The zero-order chi connectivity index (χ0) is 13.0. The molecule has 1 fully saturated rings. The van der Waals surface area contributed by atoms with Crippen LogP contribution in [0.4, 0.5) is 5.82 Å². The maximum Gasteiger partial charge on any atom is 0.250 e. The lowest BCUT2D eigenvalue weighted by atomic mass is 9.93. The van der Waals surface area contributed by atoms with Gasteiger partial charge >= 0.3 is 0 Å². The first-order chi connectivity index (χ1) is 8.66. The van der Waals surface area contributed by atoms with Gasteiger partial charge in [-0.3, -0.25) is 4.79 Å². The van der Waals surface area contributed by atoms with Crippen molar-refractivity contribution in [2.45, 2.75) is 25.8 Å². The van der Waals surface area contributed by atoms with E-state index >= 15 is 0 Å². The van der Waals surface area contributed by atoms with Crippen LogP contribution in [0.5, 0.6) is 0 Å². The van der Waals surface area contributed by atoms with Gasteiger partial charge in [0.15, 0.2) is 0 Å². The van der Waals surface area contributed by atoms with E-state index in [1.54, 1.807) is 12.1 Å². The molecule has 0 saturated carbocycles. The second-order valence-corrected chi connectivity index (χ2v) is 4.84. The smallest absolute Gasteiger partial charge is 0.250 e. The Kier molecular flexibility index (Phi) is 4.15. The van der Waals surface area contributed by atoms with Crippen molar-refractivity contribution < 1.29 is 4.79 Å². The van der Waals surface area contributed by atoms with E-state index in [-0.39, 0.29) is 0 Å². The lowest BCUT2D eigenvalue weighted by Gasteiger charge is -2.29. The fourth-order valence-corrected chi connectivity index (χ4v) is 2.28. The number of aromatic nitrogens is 1. The van der Waals surface area contributed by atoms with Gasteiger partial charge in [0.1, 0.15) is 5.82 Å². The van der Waals surface area contributed by atoms with Gasteiger partial charge in [0.25, 0.3) is 0 Å². The highest BCUT2D eigenvalue weighted by Crippen LogP contribution is 2.17. The van der Waals surface area contributed by atoms with Crippen LogP contribution in [0.15, 0.2) is 18.3 Å². The Morgan fingerprint density at radius 2 is 2.44 bits per heavy atom. The van der Waals surface area contributed by atoms with Crippen LogP contribution in [0.2, 0.25) is 0 Å². The highest BCUT2D eigenvalue weighted by molar-refractivity contribution is 5.92. The molecule has 1 aromatic heterocycles. The minimum atomic E-state index is -0.446. The van der Waals surface area contributed by atoms with Crippen molar-refractivity contribution in [3.63, 3.8) is 0 Å². The van der Waals surface area contributed by atoms with Crippen LogP contribution in [0.25, 0.3) is 0 Å². The van der Waals surface area contributed by atoms with Gasteiger partial charge in [0.05, 0.1) is 5.56 Å². The third-order valence-corrected chi connectivity index (χ3v) is 3.47. The number of nitrogens with zero attached hydrogens (tertiary/aromatic N) is 1. The molecule has 2 unspecified atom stereocenters. The van der Waals surface area contributed by atoms with E-state index in [1.807, 2.05) is 0 Å². The first-order valence-corrected chi connectivity index (χ1v) is 6.40. The fraction of sp³-hybridized carbons (Fsp3) is 0.538. The van der Waals surface area contributed by atoms with Gasteiger partial charge in [-0.1, -0.05) is 0 Å². The molecule has 1 aliphatic heterocycles. The predicted molar refractivity (Wildman–Crippen MR) is 71.4 cm³/mol. The van der Waals surface area contributed by atoms with E-state index in [0.717, 1.165) is 18.9 Å². The van der Waals surface area contributed by atoms with Gasteiger partial charge in [0, 0.05) is 12.2 Å². The van der Waals surface area contributed by atoms with E-state index < -0.39 is 5.91 Å². The van der Waals surface area contributed by atoms with E-state index in [4.69, 9.17) is 5.73 Å². The topological polar surface area (TPSA) is 80.0 Å². The number of hydrogen-bond acceptors (Lipinski definition) is 4. The molecule has 1 amide bonds. The Labute approximate surface area is 107 Å². The van der Waals surface area contributed by atoms with Crippen LogP contribution in [0.1, 0.15) is 30.1 Å². The molecule has 2 atom stereocenters. The van der Waals surface area contributed by atoms with E-state index in [2.05, 4.69) is 22.5 Å². The summed E-state index contributed by atoms with van der Waals surface area (Å²) in [6.07, 6.45) is 3.97. The van der Waals surface area contributed by atoms with Crippen molar-refractivity contribution in [1.29, 1.82) is 0 Å². The zero-order valence-corrected chi connectivity index (χ0v) is 10.6. The third-order valence-electron chi connectivity index (χ3n) is 3.47. The van der Waals surface area contributed by atoms with Crippen LogP contribution in [0, 0.1) is 5.92 Å². The maximum atomic E-state index is 10.9. The highest BCUT2D eigenvalue weighted by atomic mass is 16.1. The summed E-state index contributed by atoms with van der Waals surface area (Å²) < 4.78 is 0. The quantitative estimate of drug-likeness (QED) is 0.742. The van der Waals surface area contributed by atoms with Gasteiger partial charge in [0.2, 0.25) is 5.91 Å². The summed E-state index contributed by atoms with van der Waals surface area (Å²) in [5.41, 5.74) is 5.61. The Morgan fingerprint density at radius 3 is 3.00 bits per heavy atom. The summed E-state index contributed by atoms with van der Waals surface area (Å²) in [6.45, 7) is 4.34. The molecular weight excluding hydrogens is 228 g/mol. The van der Waals surface area contributed by atoms with E-state index in [0.29, 0.717) is 17.5 Å². The lowest BCUT2D eigenvalue weighted by Crippen LogP contribution is -2.38. The molecule has 1 aliphatic rings. The number of nitrogens with one attached hydrogen (secondary N) is 2. The minimum Gasteiger partial charge on any atom is -0.367 e. The number of nitrogens with two attached hydrogens (primary N) is 1. The molecule has 0 radical (unpaired) electrons. The number of carbonyl (C=O) groups excluding carboxylic acids is 1. The average Bonchev–Trinajstić information content (AvgIpc) is 2.40. The number of carbonyl (C=O) groups is 1. The first kappa shape index (κ1) is 12.8. The molecule has 1 aromatic rings. The first-order valence-electron chi connectivity index (χ1n) is 6.40. The highest BCUT2D eigenvalue weighted by Gasteiger charge is 2.19. The number of amides is 1. The van der Waals surface area contributed by atoms with Crippen LogP contribution in [0.3, 0.4) is 0 Å². The fourth-order valence-electron chi connectivity index (χ4n) is 2.28. The van der Waals surface area contributed by atoms with Crippen molar-refractivity contribution >= 4 is 11.7 Å². The summed E-state index contributed by atoms with van der Waals surface area (Å²) in [5, 5.41) is 6.78. The standard InChI is InChI=1S/C13H20N4O/c1-9(10-3-2-6-15-7-10)17-12-5-4-11(8-16-12)13(14)18/h4-5,8-10,15H,2-3,6-7H2,1H3,(H2,14,18)(H,16,17). The largest absolute Gasteiger partial charge is 0.367 e. The van der Waals surface area contributed by atoms with E-state index in [9.17, 15) is 4.79 Å². The monoisotopic (exact) mass is 248 g/mol. The molecule has 98 valence electrons. The molecule has 1 saturated heterocycles. The summed E-state index contributed by atoms with van der Waals surface area (Å²) >= 11 is 0. The lowest BCUT2D eigenvalue weighted by molar-refractivity contribution is 0.1000. The summed E-state index contributed by atoms with van der Waals surface area (Å²) in [4.78, 5) is 15.1. The van der Waals surface area contributed by atoms with Gasteiger partial charge in [-0.2, -0.15) is 0 Å². The molecule has 2 rings (SSSR count). The average molecular weight is 248 g/mol. The number of piperidine rings is 1. The summed E-state index contributed by atoms with van der Waals surface area (Å²) in [7, 11) is 0. The number of rotatable bonds is 4. The predicted octanol–water partition coefficient (Wildman–Crippen LogP) is 0.980. The Hall–Kier alpha value is -1.62. The van der Waals surface area contributed by atoms with Crippen LogP contribution in [-0.4, -0.2) is 30.0 Å². The Bertz CT molecular complexity index is 398. The third kappa shape index (κ3) is 3.20. The van der Waals surface area contributed by atoms with Gasteiger partial charge in [-0.25, -0.2) is 4.98 Å². The van der Waals surface area contributed by atoms with Crippen molar-refractivity contribution in [3.05, 3.63) is 23.9 Å². The molecule has 4 N–H and O–H groups in total. The molecule has 0 bridgehead atoms. The Balaban J connectivity index is 1.93. The van der Waals surface area contributed by atoms with Crippen LogP contribution >= 0.6 is 0 Å². The molecule has 5 nitrogen and oxygen atoms in total.